The quantitative estimate of drug-likeness (QED) is 0.547. The topological polar surface area (TPSA) is 110 Å². The highest BCUT2D eigenvalue weighted by atomic mass is 35.5. The first kappa shape index (κ1) is 23.6. The predicted octanol–water partition coefficient (Wildman–Crippen LogP) is 3.96. The van der Waals surface area contributed by atoms with E-state index in [1.54, 1.807) is 6.92 Å². The average molecular weight is 456 g/mol. The number of carbonyl (C=O) groups is 3. The molecule has 162 valence electrons. The lowest BCUT2D eigenvalue weighted by molar-refractivity contribution is -0.142. The lowest BCUT2D eigenvalue weighted by Crippen LogP contribution is -2.39. The fraction of sp³-hybridized carbons (Fsp3) is 0.350. The summed E-state index contributed by atoms with van der Waals surface area (Å²) in [5.74, 6) is -1.29. The number of nitrogens with one attached hydrogen (secondary N) is 3. The van der Waals surface area contributed by atoms with E-state index in [1.807, 2.05) is 13.8 Å². The van der Waals surface area contributed by atoms with Gasteiger partial charge in [0.1, 0.15) is 17.5 Å². The number of esters is 1. The summed E-state index contributed by atoms with van der Waals surface area (Å²) >= 11 is 12.1. The number of ether oxygens (including phenoxy) is 2. The van der Waals surface area contributed by atoms with Gasteiger partial charge in [-0.1, -0.05) is 23.2 Å². The van der Waals surface area contributed by atoms with E-state index in [-0.39, 0.29) is 33.2 Å². The largest absolute Gasteiger partial charge is 0.489 e. The number of benzene rings is 1. The van der Waals surface area contributed by atoms with Crippen molar-refractivity contribution in [3.05, 3.63) is 45.2 Å². The van der Waals surface area contributed by atoms with Crippen LogP contribution in [0.3, 0.4) is 0 Å². The number of aromatic amines is 1. The summed E-state index contributed by atoms with van der Waals surface area (Å²) < 4.78 is 10.4. The van der Waals surface area contributed by atoms with Crippen molar-refractivity contribution in [1.29, 1.82) is 0 Å². The van der Waals surface area contributed by atoms with Crippen LogP contribution in [-0.2, 0) is 9.53 Å². The number of amides is 2. The van der Waals surface area contributed by atoms with Crippen molar-refractivity contribution >= 4 is 46.7 Å². The molecule has 1 aromatic heterocycles. The number of hydrogen-bond acceptors (Lipinski definition) is 5. The van der Waals surface area contributed by atoms with E-state index in [4.69, 9.17) is 27.9 Å². The van der Waals surface area contributed by atoms with E-state index in [2.05, 4.69) is 20.4 Å². The molecule has 1 aromatic carbocycles. The number of aromatic nitrogens is 1. The Hall–Kier alpha value is -2.71. The van der Waals surface area contributed by atoms with Crippen LogP contribution < -0.4 is 15.4 Å². The second-order valence-corrected chi connectivity index (χ2v) is 7.56. The van der Waals surface area contributed by atoms with Gasteiger partial charge in [-0.15, -0.1) is 0 Å². The third-order valence-electron chi connectivity index (χ3n) is 4.04. The maximum Gasteiger partial charge on any atom is 0.328 e. The molecule has 2 rings (SSSR count). The first-order valence-corrected chi connectivity index (χ1v) is 9.85. The SMILES string of the molecule is COC(=O)[C@H](C)NC(=O)c1ccc(NC(=O)c2[nH]c(C)c(Cl)c2Cl)c(OC(C)C)c1. The van der Waals surface area contributed by atoms with Gasteiger partial charge in [0.25, 0.3) is 11.8 Å². The van der Waals surface area contributed by atoms with Crippen LogP contribution in [0.5, 0.6) is 5.75 Å². The standard InChI is InChI=1S/C20H23Cl2N3O5/c1-9(2)30-14-8-12(18(26)24-11(4)20(28)29-5)6-7-13(14)25-19(27)17-16(22)15(21)10(3)23-17/h6-9,11,23H,1-5H3,(H,24,26)(H,25,27)/t11-/m0/s1. The molecule has 3 N–H and O–H groups in total. The van der Waals surface area contributed by atoms with Crippen molar-refractivity contribution in [3.8, 4) is 5.75 Å². The smallest absolute Gasteiger partial charge is 0.328 e. The predicted molar refractivity (Wildman–Crippen MR) is 115 cm³/mol. The summed E-state index contributed by atoms with van der Waals surface area (Å²) in [5.41, 5.74) is 1.27. The molecule has 1 heterocycles. The second-order valence-electron chi connectivity index (χ2n) is 6.80. The van der Waals surface area contributed by atoms with E-state index >= 15 is 0 Å². The molecule has 10 heteroatoms. The summed E-state index contributed by atoms with van der Waals surface area (Å²) in [6, 6.07) is 3.68. The van der Waals surface area contributed by atoms with Crippen LogP contribution in [0.4, 0.5) is 5.69 Å². The van der Waals surface area contributed by atoms with E-state index in [0.29, 0.717) is 11.4 Å². The molecule has 0 fully saturated rings. The highest BCUT2D eigenvalue weighted by molar-refractivity contribution is 6.44. The lowest BCUT2D eigenvalue weighted by Gasteiger charge is -2.17. The minimum Gasteiger partial charge on any atom is -0.489 e. The highest BCUT2D eigenvalue weighted by Gasteiger charge is 2.21. The van der Waals surface area contributed by atoms with Gasteiger partial charge in [-0.25, -0.2) is 4.79 Å². The van der Waals surface area contributed by atoms with Crippen LogP contribution in [0.1, 0.15) is 47.3 Å². The molecule has 0 saturated carbocycles. The third kappa shape index (κ3) is 5.46. The Bertz CT molecular complexity index is 972. The number of halogens is 2. The van der Waals surface area contributed by atoms with Gasteiger partial charge >= 0.3 is 5.97 Å². The van der Waals surface area contributed by atoms with Gasteiger partial charge in [-0.2, -0.15) is 0 Å². The van der Waals surface area contributed by atoms with Gasteiger partial charge in [0.2, 0.25) is 0 Å². The Morgan fingerprint density at radius 2 is 1.73 bits per heavy atom. The molecule has 0 bridgehead atoms. The van der Waals surface area contributed by atoms with Crippen molar-refractivity contribution in [3.63, 3.8) is 0 Å². The molecule has 2 amide bonds. The minimum absolute atomic E-state index is 0.114. The maximum atomic E-state index is 12.6. The third-order valence-corrected chi connectivity index (χ3v) is 4.99. The molecule has 0 saturated heterocycles. The van der Waals surface area contributed by atoms with Crippen molar-refractivity contribution < 1.29 is 23.9 Å². The number of carbonyl (C=O) groups excluding carboxylic acids is 3. The van der Waals surface area contributed by atoms with Gasteiger partial charge < -0.3 is 25.1 Å². The molecule has 30 heavy (non-hydrogen) atoms. The maximum absolute atomic E-state index is 12.6. The number of aryl methyl sites for hydroxylation is 1. The molecule has 0 unspecified atom stereocenters. The zero-order valence-electron chi connectivity index (χ0n) is 17.2. The molecule has 8 nitrogen and oxygen atoms in total. The van der Waals surface area contributed by atoms with Crippen LogP contribution in [0.2, 0.25) is 10.0 Å². The van der Waals surface area contributed by atoms with E-state index in [1.165, 1.54) is 32.2 Å². The molecule has 0 radical (unpaired) electrons. The summed E-state index contributed by atoms with van der Waals surface area (Å²) in [4.78, 5) is 39.5. The average Bonchev–Trinajstić information content (AvgIpc) is 2.95. The Balaban J connectivity index is 2.29. The highest BCUT2D eigenvalue weighted by Crippen LogP contribution is 2.31. The van der Waals surface area contributed by atoms with Crippen molar-refractivity contribution in [2.24, 2.45) is 0 Å². The van der Waals surface area contributed by atoms with Gasteiger partial charge in [-0.05, 0) is 45.9 Å². The molecule has 0 aliphatic heterocycles. The first-order chi connectivity index (χ1) is 14.0. The lowest BCUT2D eigenvalue weighted by atomic mass is 10.1. The Morgan fingerprint density at radius 3 is 2.27 bits per heavy atom. The van der Waals surface area contributed by atoms with Crippen molar-refractivity contribution in [2.75, 3.05) is 12.4 Å². The second kappa shape index (κ2) is 9.86. The van der Waals surface area contributed by atoms with Crippen LogP contribution in [0.15, 0.2) is 18.2 Å². The monoisotopic (exact) mass is 455 g/mol. The summed E-state index contributed by atoms with van der Waals surface area (Å²) in [5, 5.41) is 5.63. The van der Waals surface area contributed by atoms with E-state index in [0.717, 1.165) is 0 Å². The normalized spacial score (nSPS) is 11.7. The first-order valence-electron chi connectivity index (χ1n) is 9.09. The molecule has 2 aromatic rings. The Morgan fingerprint density at radius 1 is 1.07 bits per heavy atom. The van der Waals surface area contributed by atoms with Crippen LogP contribution in [0.25, 0.3) is 0 Å². The number of anilines is 1. The van der Waals surface area contributed by atoms with Crippen LogP contribution in [0, 0.1) is 6.92 Å². The number of rotatable bonds is 7. The molecule has 0 spiro atoms. The van der Waals surface area contributed by atoms with E-state index in [9.17, 15) is 14.4 Å². The van der Waals surface area contributed by atoms with Gasteiger partial charge in [0.15, 0.2) is 0 Å². The molecule has 0 aliphatic carbocycles. The van der Waals surface area contributed by atoms with Crippen molar-refractivity contribution in [1.82, 2.24) is 10.3 Å². The Kier molecular flexibility index (Phi) is 7.75. The van der Waals surface area contributed by atoms with Crippen molar-refractivity contribution in [2.45, 2.75) is 39.8 Å². The fourth-order valence-electron chi connectivity index (χ4n) is 2.55. The molecule has 1 atom stereocenters. The zero-order chi connectivity index (χ0) is 22.6. The molecular weight excluding hydrogens is 433 g/mol. The summed E-state index contributed by atoms with van der Waals surface area (Å²) in [6.07, 6.45) is -0.223. The number of H-pyrrole nitrogens is 1. The fourth-order valence-corrected chi connectivity index (χ4v) is 2.96. The van der Waals surface area contributed by atoms with Crippen LogP contribution >= 0.6 is 23.2 Å². The number of hydrogen-bond donors (Lipinski definition) is 3. The molecule has 0 aliphatic rings. The van der Waals surface area contributed by atoms with Crippen LogP contribution in [-0.4, -0.2) is 42.0 Å². The zero-order valence-corrected chi connectivity index (χ0v) is 18.7. The minimum atomic E-state index is -0.820. The van der Waals surface area contributed by atoms with Gasteiger partial charge in [-0.3, -0.25) is 9.59 Å². The Labute approximate surface area is 184 Å². The summed E-state index contributed by atoms with van der Waals surface area (Å²) in [7, 11) is 1.24. The van der Waals surface area contributed by atoms with E-state index < -0.39 is 23.8 Å². The number of methoxy groups -OCH3 is 1. The summed E-state index contributed by atoms with van der Waals surface area (Å²) in [6.45, 7) is 6.82. The van der Waals surface area contributed by atoms with Gasteiger partial charge in [0, 0.05) is 11.3 Å². The van der Waals surface area contributed by atoms with Gasteiger partial charge in [0.05, 0.1) is 28.9 Å². The molecular formula is C20H23Cl2N3O5.